The fourth-order valence-electron chi connectivity index (χ4n) is 2.43. The highest BCUT2D eigenvalue weighted by Gasteiger charge is 2.24. The molecule has 0 saturated carbocycles. The second-order valence-electron chi connectivity index (χ2n) is 5.28. The number of rotatable bonds is 5. The van der Waals surface area contributed by atoms with Gasteiger partial charge >= 0.3 is 0 Å². The molecule has 0 unspecified atom stereocenters. The van der Waals surface area contributed by atoms with E-state index < -0.39 is 34.6 Å². The van der Waals surface area contributed by atoms with Gasteiger partial charge in [0.25, 0.3) is 0 Å². The van der Waals surface area contributed by atoms with E-state index in [1.807, 2.05) is 0 Å². The van der Waals surface area contributed by atoms with Crippen LogP contribution in [-0.4, -0.2) is 12.4 Å². The Morgan fingerprint density at radius 1 is 1.00 bits per heavy atom. The van der Waals surface area contributed by atoms with Gasteiger partial charge in [-0.3, -0.25) is 4.79 Å². The number of hydrogen-bond donors (Lipinski definition) is 0. The molecule has 26 heavy (non-hydrogen) atoms. The standard InChI is InChI=1S/C19H12F4O2S/c1-2-25-14-6-5-12(21)17(18(14)23)19(24)16-8-7-15(26-16)11-4-3-10(20)9-13(11)22/h3-9H,2H2,1H3. The zero-order valence-electron chi connectivity index (χ0n) is 13.5. The monoisotopic (exact) mass is 380 g/mol. The first-order chi connectivity index (χ1) is 12.4. The van der Waals surface area contributed by atoms with Gasteiger partial charge in [0.05, 0.1) is 17.0 Å². The summed E-state index contributed by atoms with van der Waals surface area (Å²) < 4.78 is 60.4. The number of hydrogen-bond acceptors (Lipinski definition) is 3. The molecule has 0 N–H and O–H groups in total. The Bertz CT molecular complexity index is 982. The van der Waals surface area contributed by atoms with Crippen LogP contribution in [0.2, 0.25) is 0 Å². The molecule has 0 spiro atoms. The Morgan fingerprint density at radius 2 is 1.77 bits per heavy atom. The number of ether oxygens (including phenoxy) is 1. The molecule has 0 aliphatic carbocycles. The van der Waals surface area contributed by atoms with Crippen LogP contribution in [0.15, 0.2) is 42.5 Å². The predicted octanol–water partition coefficient (Wildman–Crippen LogP) is 5.60. The largest absolute Gasteiger partial charge is 0.491 e. The van der Waals surface area contributed by atoms with Gasteiger partial charge in [0.15, 0.2) is 11.6 Å². The quantitative estimate of drug-likeness (QED) is 0.425. The molecule has 2 nitrogen and oxygen atoms in total. The highest BCUT2D eigenvalue weighted by Crippen LogP contribution is 2.33. The van der Waals surface area contributed by atoms with Crippen molar-refractivity contribution in [2.24, 2.45) is 0 Å². The Labute approximate surface area is 150 Å². The molecule has 3 rings (SSSR count). The van der Waals surface area contributed by atoms with Gasteiger partial charge in [0, 0.05) is 16.5 Å². The molecule has 0 fully saturated rings. The van der Waals surface area contributed by atoms with Crippen molar-refractivity contribution in [1.82, 2.24) is 0 Å². The van der Waals surface area contributed by atoms with Gasteiger partial charge < -0.3 is 4.74 Å². The van der Waals surface area contributed by atoms with E-state index in [0.29, 0.717) is 4.88 Å². The molecule has 0 atom stereocenters. The number of thiophene rings is 1. The number of carbonyl (C=O) groups excluding carboxylic acids is 1. The van der Waals surface area contributed by atoms with Crippen molar-refractivity contribution >= 4 is 17.1 Å². The number of benzene rings is 2. The second kappa shape index (κ2) is 7.29. The third-order valence-electron chi connectivity index (χ3n) is 3.61. The van der Waals surface area contributed by atoms with Crippen molar-refractivity contribution in [3.8, 4) is 16.2 Å². The molecule has 1 heterocycles. The first-order valence-corrected chi connectivity index (χ1v) is 8.44. The maximum atomic E-state index is 14.4. The lowest BCUT2D eigenvalue weighted by molar-refractivity contribution is 0.103. The molecule has 7 heteroatoms. The van der Waals surface area contributed by atoms with E-state index in [-0.39, 0.29) is 22.8 Å². The van der Waals surface area contributed by atoms with Gasteiger partial charge in [-0.1, -0.05) is 0 Å². The molecule has 0 bridgehead atoms. The van der Waals surface area contributed by atoms with Crippen molar-refractivity contribution in [3.05, 3.63) is 76.2 Å². The minimum atomic E-state index is -1.08. The third-order valence-corrected chi connectivity index (χ3v) is 4.73. The number of carbonyl (C=O) groups is 1. The summed E-state index contributed by atoms with van der Waals surface area (Å²) in [6, 6.07) is 7.90. The minimum absolute atomic E-state index is 0.0233. The van der Waals surface area contributed by atoms with Crippen LogP contribution in [0.1, 0.15) is 22.2 Å². The molecule has 134 valence electrons. The average molecular weight is 380 g/mol. The summed E-state index contributed by atoms with van der Waals surface area (Å²) in [4.78, 5) is 12.9. The maximum Gasteiger partial charge on any atom is 0.209 e. The molecule has 0 aliphatic heterocycles. The van der Waals surface area contributed by atoms with Gasteiger partial charge in [0.1, 0.15) is 17.5 Å². The Balaban J connectivity index is 2.00. The number of ketones is 1. The van der Waals surface area contributed by atoms with E-state index in [0.717, 1.165) is 35.6 Å². The lowest BCUT2D eigenvalue weighted by Gasteiger charge is -2.08. The van der Waals surface area contributed by atoms with E-state index in [2.05, 4.69) is 0 Å². The second-order valence-corrected chi connectivity index (χ2v) is 6.37. The zero-order valence-corrected chi connectivity index (χ0v) is 14.3. The molecule has 1 aromatic heterocycles. The topological polar surface area (TPSA) is 26.3 Å². The van der Waals surface area contributed by atoms with E-state index in [4.69, 9.17) is 4.74 Å². The van der Waals surface area contributed by atoms with Crippen LogP contribution in [0.4, 0.5) is 17.6 Å². The van der Waals surface area contributed by atoms with Crippen molar-refractivity contribution in [3.63, 3.8) is 0 Å². The van der Waals surface area contributed by atoms with Crippen molar-refractivity contribution in [2.75, 3.05) is 6.61 Å². The summed E-state index contributed by atoms with van der Waals surface area (Å²) in [6.07, 6.45) is 0. The van der Waals surface area contributed by atoms with Crippen molar-refractivity contribution < 1.29 is 27.1 Å². The summed E-state index contributed by atoms with van der Waals surface area (Å²) in [6.45, 7) is 1.79. The van der Waals surface area contributed by atoms with Crippen LogP contribution in [0, 0.1) is 23.3 Å². The summed E-state index contributed by atoms with van der Waals surface area (Å²) in [5.74, 6) is -4.71. The van der Waals surface area contributed by atoms with E-state index in [9.17, 15) is 22.4 Å². The molecule has 3 aromatic rings. The first-order valence-electron chi connectivity index (χ1n) is 7.63. The molecular formula is C19H12F4O2S. The maximum absolute atomic E-state index is 14.4. The lowest BCUT2D eigenvalue weighted by Crippen LogP contribution is -2.08. The Kier molecular flexibility index (Phi) is 5.08. The highest BCUT2D eigenvalue weighted by atomic mass is 32.1. The van der Waals surface area contributed by atoms with Gasteiger partial charge in [-0.2, -0.15) is 0 Å². The molecule has 2 aromatic carbocycles. The highest BCUT2D eigenvalue weighted by molar-refractivity contribution is 7.17. The van der Waals surface area contributed by atoms with E-state index >= 15 is 0 Å². The molecule has 0 saturated heterocycles. The molecule has 0 amide bonds. The first kappa shape index (κ1) is 18.1. The van der Waals surface area contributed by atoms with Crippen LogP contribution in [0.3, 0.4) is 0 Å². The van der Waals surface area contributed by atoms with Crippen molar-refractivity contribution in [1.29, 1.82) is 0 Å². The summed E-state index contributed by atoms with van der Waals surface area (Å²) in [5, 5.41) is 0. The zero-order chi connectivity index (χ0) is 18.8. The SMILES string of the molecule is CCOc1ccc(F)c(C(=O)c2ccc(-c3ccc(F)cc3F)s2)c1F. The van der Waals surface area contributed by atoms with Crippen LogP contribution >= 0.6 is 11.3 Å². The van der Waals surface area contributed by atoms with Gasteiger partial charge in [-0.05, 0) is 43.3 Å². The van der Waals surface area contributed by atoms with Gasteiger partial charge in [-0.15, -0.1) is 11.3 Å². The number of halogens is 4. The van der Waals surface area contributed by atoms with Crippen LogP contribution in [0.25, 0.3) is 10.4 Å². The smallest absolute Gasteiger partial charge is 0.209 e. The fourth-order valence-corrected chi connectivity index (χ4v) is 3.41. The van der Waals surface area contributed by atoms with Crippen LogP contribution < -0.4 is 4.74 Å². The van der Waals surface area contributed by atoms with E-state index in [1.54, 1.807) is 6.92 Å². The molecule has 0 radical (unpaired) electrons. The minimum Gasteiger partial charge on any atom is -0.491 e. The predicted molar refractivity (Wildman–Crippen MR) is 90.6 cm³/mol. The lowest BCUT2D eigenvalue weighted by atomic mass is 10.1. The summed E-state index contributed by atoms with van der Waals surface area (Å²) in [5.41, 5.74) is -0.636. The Hall–Kier alpha value is -2.67. The normalized spacial score (nSPS) is 10.8. The molecule has 0 aliphatic rings. The summed E-state index contributed by atoms with van der Waals surface area (Å²) in [7, 11) is 0. The fraction of sp³-hybridized carbons (Fsp3) is 0.105. The van der Waals surface area contributed by atoms with Gasteiger partial charge in [-0.25, -0.2) is 17.6 Å². The molecular weight excluding hydrogens is 368 g/mol. The van der Waals surface area contributed by atoms with E-state index in [1.165, 1.54) is 18.2 Å². The summed E-state index contributed by atoms with van der Waals surface area (Å²) >= 11 is 0.859. The van der Waals surface area contributed by atoms with Crippen LogP contribution in [-0.2, 0) is 0 Å². The van der Waals surface area contributed by atoms with Gasteiger partial charge in [0.2, 0.25) is 5.78 Å². The van der Waals surface area contributed by atoms with Crippen LogP contribution in [0.5, 0.6) is 5.75 Å². The Morgan fingerprint density at radius 3 is 2.46 bits per heavy atom. The third kappa shape index (κ3) is 3.35. The van der Waals surface area contributed by atoms with Crippen molar-refractivity contribution in [2.45, 2.75) is 6.92 Å². The average Bonchev–Trinajstić information content (AvgIpc) is 3.07.